The van der Waals surface area contributed by atoms with E-state index in [9.17, 15) is 19.5 Å². The highest BCUT2D eigenvalue weighted by Crippen LogP contribution is 2.40. The summed E-state index contributed by atoms with van der Waals surface area (Å²) in [4.78, 5) is 35.7. The molecule has 1 aromatic rings. The summed E-state index contributed by atoms with van der Waals surface area (Å²) in [5.74, 6) is -3.85. The van der Waals surface area contributed by atoms with Crippen LogP contribution >= 0.6 is 11.3 Å². The molecule has 0 unspecified atom stereocenters. The molecule has 1 amide bonds. The molecule has 3 rings (SSSR count). The molecule has 7 nitrogen and oxygen atoms in total. The van der Waals surface area contributed by atoms with E-state index in [2.05, 4.69) is 10.1 Å². The van der Waals surface area contributed by atoms with E-state index in [1.807, 2.05) is 0 Å². The number of rotatable bonds is 4. The number of ether oxygens (including phenoxy) is 2. The number of thiophene rings is 1. The smallest absolute Gasteiger partial charge is 0.350 e. The molecule has 1 saturated heterocycles. The Morgan fingerprint density at radius 3 is 2.59 bits per heavy atom. The van der Waals surface area contributed by atoms with Crippen LogP contribution in [0, 0.1) is 11.8 Å². The molecular weight excluding hydrogens is 310 g/mol. The van der Waals surface area contributed by atoms with Crippen LogP contribution in [0.4, 0.5) is 5.69 Å². The number of nitrogens with one attached hydrogen (secondary N) is 1. The van der Waals surface area contributed by atoms with Gasteiger partial charge in [0.25, 0.3) is 0 Å². The van der Waals surface area contributed by atoms with Crippen molar-refractivity contribution in [1.82, 2.24) is 0 Å². The van der Waals surface area contributed by atoms with Gasteiger partial charge in [-0.05, 0) is 11.4 Å². The van der Waals surface area contributed by atoms with Gasteiger partial charge in [-0.2, -0.15) is 0 Å². The Bertz CT molecular complexity index is 666. The van der Waals surface area contributed by atoms with Gasteiger partial charge in [0, 0.05) is 0 Å². The third-order valence-corrected chi connectivity index (χ3v) is 4.68. The van der Waals surface area contributed by atoms with Crippen LogP contribution < -0.4 is 5.32 Å². The maximum atomic E-state index is 12.4. The summed E-state index contributed by atoms with van der Waals surface area (Å²) in [6.07, 6.45) is 2.23. The minimum absolute atomic E-state index is 0.266. The van der Waals surface area contributed by atoms with E-state index in [-0.39, 0.29) is 4.88 Å². The van der Waals surface area contributed by atoms with Crippen LogP contribution in [0.25, 0.3) is 0 Å². The normalized spacial score (nSPS) is 28.6. The zero-order valence-corrected chi connectivity index (χ0v) is 12.3. The second-order valence-corrected chi connectivity index (χ2v) is 5.90. The lowest BCUT2D eigenvalue weighted by Crippen LogP contribution is -2.39. The number of carboxylic acid groups (broad SMARTS) is 1. The van der Waals surface area contributed by atoms with Gasteiger partial charge in [-0.15, -0.1) is 11.3 Å². The molecular formula is C14H13NO6S. The summed E-state index contributed by atoms with van der Waals surface area (Å²) in [5.41, 5.74) is 0.317. The highest BCUT2D eigenvalue weighted by Gasteiger charge is 2.53. The Morgan fingerprint density at radius 1 is 1.27 bits per heavy atom. The minimum Gasteiger partial charge on any atom is -0.481 e. The lowest BCUT2D eigenvalue weighted by Gasteiger charge is -2.20. The van der Waals surface area contributed by atoms with Crippen molar-refractivity contribution in [3.05, 3.63) is 28.5 Å². The number of esters is 1. The van der Waals surface area contributed by atoms with Crippen LogP contribution in [0.3, 0.4) is 0 Å². The van der Waals surface area contributed by atoms with Gasteiger partial charge in [0.1, 0.15) is 10.8 Å². The maximum absolute atomic E-state index is 12.4. The lowest BCUT2D eigenvalue weighted by atomic mass is 9.82. The minimum atomic E-state index is -1.07. The summed E-state index contributed by atoms with van der Waals surface area (Å²) in [7, 11) is 1.25. The van der Waals surface area contributed by atoms with Gasteiger partial charge in [0.2, 0.25) is 5.91 Å². The third-order valence-electron chi connectivity index (χ3n) is 3.78. The van der Waals surface area contributed by atoms with Crippen molar-refractivity contribution in [3.8, 4) is 0 Å². The van der Waals surface area contributed by atoms with Gasteiger partial charge < -0.3 is 19.9 Å². The average molecular weight is 323 g/mol. The molecule has 1 fully saturated rings. The first-order valence-electron chi connectivity index (χ1n) is 6.56. The Balaban J connectivity index is 1.80. The fourth-order valence-electron chi connectivity index (χ4n) is 2.79. The highest BCUT2D eigenvalue weighted by molar-refractivity contribution is 7.12. The van der Waals surface area contributed by atoms with Crippen molar-refractivity contribution >= 4 is 34.9 Å². The predicted octanol–water partition coefficient (Wildman–Crippen LogP) is 1.13. The first-order chi connectivity index (χ1) is 10.5. The molecule has 22 heavy (non-hydrogen) atoms. The molecule has 0 spiro atoms. The second-order valence-electron chi connectivity index (χ2n) is 4.98. The molecule has 8 heteroatoms. The van der Waals surface area contributed by atoms with Gasteiger partial charge >= 0.3 is 11.9 Å². The molecule has 2 aliphatic heterocycles. The topological polar surface area (TPSA) is 102 Å². The van der Waals surface area contributed by atoms with E-state index < -0.39 is 41.9 Å². The van der Waals surface area contributed by atoms with E-state index in [0.29, 0.717) is 5.69 Å². The Kier molecular flexibility index (Phi) is 3.71. The van der Waals surface area contributed by atoms with Crippen molar-refractivity contribution in [2.45, 2.75) is 12.2 Å². The van der Waals surface area contributed by atoms with Crippen LogP contribution in [0.1, 0.15) is 9.67 Å². The monoisotopic (exact) mass is 323 g/mol. The fraction of sp³-hybridized carbons (Fsp3) is 0.357. The predicted molar refractivity (Wildman–Crippen MR) is 76.7 cm³/mol. The van der Waals surface area contributed by atoms with Crippen molar-refractivity contribution < 1.29 is 29.0 Å². The zero-order valence-electron chi connectivity index (χ0n) is 11.5. The molecule has 1 aromatic heterocycles. The number of hydrogen-bond acceptors (Lipinski definition) is 6. The SMILES string of the molecule is COC(=O)c1sccc1NC(=O)[C@H]1[C@@H](C(=O)O)[C@@H]2C=C[C@@H]1O2. The number of aliphatic carboxylic acids is 1. The molecule has 4 atom stereocenters. The Morgan fingerprint density at radius 2 is 1.95 bits per heavy atom. The number of anilines is 1. The molecule has 0 radical (unpaired) electrons. The van der Waals surface area contributed by atoms with Crippen LogP contribution in [0.5, 0.6) is 0 Å². The van der Waals surface area contributed by atoms with Crippen molar-refractivity contribution in [1.29, 1.82) is 0 Å². The number of amides is 1. The number of methoxy groups -OCH3 is 1. The summed E-state index contributed by atoms with van der Waals surface area (Å²) in [6, 6.07) is 1.58. The molecule has 116 valence electrons. The molecule has 2 aliphatic rings. The summed E-state index contributed by atoms with van der Waals surface area (Å²) >= 11 is 1.14. The van der Waals surface area contributed by atoms with Crippen LogP contribution in [0.2, 0.25) is 0 Å². The molecule has 0 saturated carbocycles. The first kappa shape index (κ1) is 14.7. The van der Waals surface area contributed by atoms with Crippen LogP contribution in [-0.4, -0.2) is 42.3 Å². The van der Waals surface area contributed by atoms with E-state index in [0.717, 1.165) is 11.3 Å². The molecule has 2 bridgehead atoms. The second kappa shape index (κ2) is 5.54. The number of carbonyl (C=O) groups excluding carboxylic acids is 2. The number of fused-ring (bicyclic) bond motifs is 2. The number of carboxylic acids is 1. The fourth-order valence-corrected chi connectivity index (χ4v) is 3.56. The van der Waals surface area contributed by atoms with Gasteiger partial charge in [-0.25, -0.2) is 4.79 Å². The molecule has 2 N–H and O–H groups in total. The number of hydrogen-bond donors (Lipinski definition) is 2. The molecule has 3 heterocycles. The van der Waals surface area contributed by atoms with Gasteiger partial charge in [-0.3, -0.25) is 9.59 Å². The van der Waals surface area contributed by atoms with Gasteiger partial charge in [0.05, 0.1) is 30.9 Å². The van der Waals surface area contributed by atoms with E-state index in [1.165, 1.54) is 7.11 Å². The zero-order chi connectivity index (χ0) is 15.9. The Labute approximate surface area is 129 Å². The average Bonchev–Trinajstić information content (AvgIpc) is 3.20. The molecule has 0 aromatic carbocycles. The number of carbonyl (C=O) groups is 3. The van der Waals surface area contributed by atoms with E-state index >= 15 is 0 Å². The van der Waals surface area contributed by atoms with Crippen molar-refractivity contribution in [2.24, 2.45) is 11.8 Å². The van der Waals surface area contributed by atoms with Crippen molar-refractivity contribution in [2.75, 3.05) is 12.4 Å². The summed E-state index contributed by atoms with van der Waals surface area (Å²) in [6.45, 7) is 0. The van der Waals surface area contributed by atoms with Crippen LogP contribution in [-0.2, 0) is 19.1 Å². The maximum Gasteiger partial charge on any atom is 0.350 e. The standard InChI is InChI=1S/C14H13NO6S/c1-20-14(19)11-6(4-5-22-11)15-12(16)9-7-2-3-8(21-7)10(9)13(17)18/h2-5,7-10H,1H3,(H,15,16)(H,17,18)/t7-,8-,9+,10-/m0/s1. The first-order valence-corrected chi connectivity index (χ1v) is 7.44. The van der Waals surface area contributed by atoms with Gasteiger partial charge in [0.15, 0.2) is 0 Å². The van der Waals surface area contributed by atoms with E-state index in [4.69, 9.17) is 4.74 Å². The third kappa shape index (κ3) is 2.30. The largest absolute Gasteiger partial charge is 0.481 e. The highest BCUT2D eigenvalue weighted by atomic mass is 32.1. The Hall–Kier alpha value is -2.19. The summed E-state index contributed by atoms with van der Waals surface area (Å²) < 4.78 is 10.1. The lowest BCUT2D eigenvalue weighted by molar-refractivity contribution is -0.145. The van der Waals surface area contributed by atoms with E-state index in [1.54, 1.807) is 23.6 Å². The quantitative estimate of drug-likeness (QED) is 0.636. The van der Waals surface area contributed by atoms with Crippen LogP contribution in [0.15, 0.2) is 23.6 Å². The summed E-state index contributed by atoms with van der Waals surface area (Å²) in [5, 5.41) is 13.6. The van der Waals surface area contributed by atoms with Gasteiger partial charge in [-0.1, -0.05) is 12.2 Å². The van der Waals surface area contributed by atoms with Crippen molar-refractivity contribution in [3.63, 3.8) is 0 Å². The molecule has 0 aliphatic carbocycles.